The second kappa shape index (κ2) is 6.28. The quantitative estimate of drug-likeness (QED) is 0.552. The molecule has 5 heteroatoms. The zero-order valence-electron chi connectivity index (χ0n) is 9.84. The number of nitrogens with two attached hydrogens (primary N) is 1. The van der Waals surface area contributed by atoms with E-state index in [2.05, 4.69) is 38.5 Å². The maximum atomic E-state index is 13.9. The minimum absolute atomic E-state index is 0.0146. The standard InChI is InChI=1S/C14H11BrF2IN/c15-11-4-5-12(16)10(14(11)17)7-13(19)8-2-1-3-9(18)6-8/h1-6,13H,7,19H2. The molecule has 0 spiro atoms. The highest BCUT2D eigenvalue weighted by atomic mass is 127. The first-order valence-electron chi connectivity index (χ1n) is 5.62. The Morgan fingerprint density at radius 3 is 2.63 bits per heavy atom. The van der Waals surface area contributed by atoms with Crippen molar-refractivity contribution in [2.75, 3.05) is 0 Å². The van der Waals surface area contributed by atoms with Crippen LogP contribution < -0.4 is 5.73 Å². The highest BCUT2D eigenvalue weighted by molar-refractivity contribution is 14.1. The van der Waals surface area contributed by atoms with Crippen molar-refractivity contribution < 1.29 is 8.78 Å². The van der Waals surface area contributed by atoms with Crippen molar-refractivity contribution in [2.24, 2.45) is 5.73 Å². The lowest BCUT2D eigenvalue weighted by Crippen LogP contribution is -2.15. The molecule has 19 heavy (non-hydrogen) atoms. The van der Waals surface area contributed by atoms with Crippen LogP contribution in [0.5, 0.6) is 0 Å². The van der Waals surface area contributed by atoms with Crippen LogP contribution in [0.2, 0.25) is 0 Å². The van der Waals surface area contributed by atoms with E-state index in [0.29, 0.717) is 0 Å². The molecule has 100 valence electrons. The van der Waals surface area contributed by atoms with Crippen molar-refractivity contribution >= 4 is 38.5 Å². The number of halogens is 4. The van der Waals surface area contributed by atoms with E-state index in [9.17, 15) is 8.78 Å². The first kappa shape index (κ1) is 14.9. The molecule has 2 aromatic rings. The van der Waals surface area contributed by atoms with Crippen LogP contribution in [0, 0.1) is 15.2 Å². The maximum absolute atomic E-state index is 13.9. The SMILES string of the molecule is NC(Cc1c(F)ccc(Br)c1F)c1cccc(I)c1. The van der Waals surface area contributed by atoms with E-state index in [4.69, 9.17) is 5.73 Å². The molecule has 0 saturated heterocycles. The molecule has 0 amide bonds. The van der Waals surface area contributed by atoms with Crippen LogP contribution >= 0.6 is 38.5 Å². The van der Waals surface area contributed by atoms with Gasteiger partial charge in [-0.15, -0.1) is 0 Å². The Kier molecular flexibility index (Phi) is 4.92. The number of benzene rings is 2. The highest BCUT2D eigenvalue weighted by Gasteiger charge is 2.16. The molecule has 2 rings (SSSR count). The van der Waals surface area contributed by atoms with Crippen LogP contribution in [0.4, 0.5) is 8.78 Å². The molecule has 0 radical (unpaired) electrons. The molecular weight excluding hydrogens is 427 g/mol. The molecule has 1 atom stereocenters. The van der Waals surface area contributed by atoms with E-state index >= 15 is 0 Å². The molecule has 0 heterocycles. The smallest absolute Gasteiger partial charge is 0.143 e. The van der Waals surface area contributed by atoms with E-state index in [-0.39, 0.29) is 16.5 Å². The minimum atomic E-state index is -0.582. The second-order valence-electron chi connectivity index (χ2n) is 4.19. The van der Waals surface area contributed by atoms with Gasteiger partial charge in [0.05, 0.1) is 4.47 Å². The average molecular weight is 438 g/mol. The Morgan fingerprint density at radius 2 is 1.95 bits per heavy atom. The zero-order chi connectivity index (χ0) is 14.0. The third kappa shape index (κ3) is 3.52. The number of rotatable bonds is 3. The monoisotopic (exact) mass is 437 g/mol. The summed E-state index contributed by atoms with van der Waals surface area (Å²) >= 11 is 5.23. The van der Waals surface area contributed by atoms with Gasteiger partial charge < -0.3 is 5.73 Å². The van der Waals surface area contributed by atoms with Gasteiger partial charge in [-0.3, -0.25) is 0 Å². The summed E-state index contributed by atoms with van der Waals surface area (Å²) in [6, 6.07) is 9.75. The van der Waals surface area contributed by atoms with Crippen LogP contribution in [0.1, 0.15) is 17.2 Å². The van der Waals surface area contributed by atoms with Crippen LogP contribution in [-0.2, 0) is 6.42 Å². The molecule has 0 aliphatic rings. The van der Waals surface area contributed by atoms with Gasteiger partial charge in [0, 0.05) is 15.2 Å². The zero-order valence-corrected chi connectivity index (χ0v) is 13.6. The summed E-state index contributed by atoms with van der Waals surface area (Å²) in [4.78, 5) is 0. The molecule has 0 aromatic heterocycles. The predicted octanol–water partition coefficient (Wildman–Crippen LogP) is 4.57. The summed E-state index contributed by atoms with van der Waals surface area (Å²) in [5.41, 5.74) is 6.91. The summed E-state index contributed by atoms with van der Waals surface area (Å²) in [5, 5.41) is 0. The first-order valence-corrected chi connectivity index (χ1v) is 7.49. The van der Waals surface area contributed by atoms with Gasteiger partial charge in [-0.05, 0) is 74.8 Å². The second-order valence-corrected chi connectivity index (χ2v) is 6.29. The van der Waals surface area contributed by atoms with E-state index in [1.54, 1.807) is 0 Å². The van der Waals surface area contributed by atoms with E-state index in [1.807, 2.05) is 24.3 Å². The van der Waals surface area contributed by atoms with Crippen LogP contribution in [-0.4, -0.2) is 0 Å². The summed E-state index contributed by atoms with van der Waals surface area (Å²) in [7, 11) is 0. The fourth-order valence-corrected chi connectivity index (χ4v) is 2.77. The maximum Gasteiger partial charge on any atom is 0.143 e. The lowest BCUT2D eigenvalue weighted by Gasteiger charge is -2.14. The lowest BCUT2D eigenvalue weighted by molar-refractivity contribution is 0.536. The molecule has 2 N–H and O–H groups in total. The molecule has 0 fully saturated rings. The molecule has 0 bridgehead atoms. The molecular formula is C14H11BrF2IN. The van der Waals surface area contributed by atoms with Crippen molar-refractivity contribution in [1.29, 1.82) is 0 Å². The Hall–Kier alpha value is -0.530. The van der Waals surface area contributed by atoms with Gasteiger partial charge in [0.1, 0.15) is 11.6 Å². The van der Waals surface area contributed by atoms with Gasteiger partial charge in [0.15, 0.2) is 0 Å². The summed E-state index contributed by atoms with van der Waals surface area (Å²) in [5.74, 6) is -1.15. The third-order valence-corrected chi connectivity index (χ3v) is 4.12. The largest absolute Gasteiger partial charge is 0.324 e. The topological polar surface area (TPSA) is 26.0 Å². The molecule has 0 aliphatic carbocycles. The van der Waals surface area contributed by atoms with Gasteiger partial charge in [0.25, 0.3) is 0 Å². The predicted molar refractivity (Wildman–Crippen MR) is 83.8 cm³/mol. The first-order chi connectivity index (χ1) is 8.99. The number of hydrogen-bond acceptors (Lipinski definition) is 1. The fourth-order valence-electron chi connectivity index (χ4n) is 1.83. The van der Waals surface area contributed by atoms with E-state index in [0.717, 1.165) is 9.13 Å². The molecule has 1 nitrogen and oxygen atoms in total. The lowest BCUT2D eigenvalue weighted by atomic mass is 9.99. The summed E-state index contributed by atoms with van der Waals surface area (Å²) < 4.78 is 28.8. The van der Waals surface area contributed by atoms with Gasteiger partial charge in [-0.2, -0.15) is 0 Å². The summed E-state index contributed by atoms with van der Waals surface area (Å²) in [6.45, 7) is 0. The normalized spacial score (nSPS) is 12.5. The van der Waals surface area contributed by atoms with Crippen molar-refractivity contribution in [2.45, 2.75) is 12.5 Å². The fraction of sp³-hybridized carbons (Fsp3) is 0.143. The Morgan fingerprint density at radius 1 is 1.21 bits per heavy atom. The molecule has 1 unspecified atom stereocenters. The van der Waals surface area contributed by atoms with Crippen LogP contribution in [0.3, 0.4) is 0 Å². The Balaban J connectivity index is 2.29. The third-order valence-electron chi connectivity index (χ3n) is 2.84. The Labute approximate surface area is 132 Å². The minimum Gasteiger partial charge on any atom is -0.324 e. The summed E-state index contributed by atoms with van der Waals surface area (Å²) in [6.07, 6.45) is 0.122. The van der Waals surface area contributed by atoms with Crippen LogP contribution in [0.15, 0.2) is 40.9 Å². The van der Waals surface area contributed by atoms with Crippen molar-refractivity contribution in [3.05, 3.63) is 67.2 Å². The van der Waals surface area contributed by atoms with Gasteiger partial charge in [-0.1, -0.05) is 12.1 Å². The number of hydrogen-bond donors (Lipinski definition) is 1. The van der Waals surface area contributed by atoms with Gasteiger partial charge in [0.2, 0.25) is 0 Å². The van der Waals surface area contributed by atoms with Crippen LogP contribution in [0.25, 0.3) is 0 Å². The van der Waals surface area contributed by atoms with Gasteiger partial charge in [-0.25, -0.2) is 8.78 Å². The Bertz CT molecular complexity index is 604. The van der Waals surface area contributed by atoms with Crippen molar-refractivity contribution in [3.8, 4) is 0 Å². The van der Waals surface area contributed by atoms with E-state index < -0.39 is 17.7 Å². The van der Waals surface area contributed by atoms with Crippen molar-refractivity contribution in [1.82, 2.24) is 0 Å². The van der Waals surface area contributed by atoms with Crippen molar-refractivity contribution in [3.63, 3.8) is 0 Å². The van der Waals surface area contributed by atoms with Gasteiger partial charge >= 0.3 is 0 Å². The highest BCUT2D eigenvalue weighted by Crippen LogP contribution is 2.26. The van der Waals surface area contributed by atoms with E-state index in [1.165, 1.54) is 12.1 Å². The average Bonchev–Trinajstić information content (AvgIpc) is 2.39. The molecule has 2 aromatic carbocycles. The molecule has 0 aliphatic heterocycles. The molecule has 0 saturated carbocycles.